The summed E-state index contributed by atoms with van der Waals surface area (Å²) in [5, 5.41) is 21.2. The van der Waals surface area contributed by atoms with Crippen LogP contribution < -0.4 is 5.73 Å². The molecule has 2 amide bonds. The minimum absolute atomic E-state index is 0.148. The molecule has 3 aromatic rings. The average molecular weight is 475 g/mol. The number of ether oxygens (including phenoxy) is 1. The second kappa shape index (κ2) is 6.80. The number of anilines is 1. The van der Waals surface area contributed by atoms with E-state index in [1.54, 1.807) is 24.3 Å². The number of imidazole rings is 1. The van der Waals surface area contributed by atoms with Crippen molar-refractivity contribution in [3.63, 3.8) is 0 Å². The molecule has 5 rings (SSSR count). The lowest BCUT2D eigenvalue weighted by Gasteiger charge is -2.21. The third-order valence-corrected chi connectivity index (χ3v) is 5.85. The molecule has 154 valence electrons. The average Bonchev–Trinajstić information content (AvgIpc) is 3.30. The molecule has 0 radical (unpaired) electrons. The second-order valence-electron chi connectivity index (χ2n) is 6.99. The number of carbonyl (C=O) groups excluding carboxylic acids is 2. The van der Waals surface area contributed by atoms with Gasteiger partial charge in [-0.05, 0) is 28.1 Å². The molecule has 0 spiro atoms. The Bertz CT molecular complexity index is 1160. The molecule has 0 aliphatic carbocycles. The van der Waals surface area contributed by atoms with Gasteiger partial charge >= 0.3 is 0 Å². The molecule has 11 nitrogen and oxygen atoms in total. The van der Waals surface area contributed by atoms with Crippen LogP contribution in [0.4, 0.5) is 5.82 Å². The standard InChI is InChI=1S/C18H15BrN6O5/c19-18-23-10-13(20)21-6-22-14(10)25(18)17-12(27)11(26)9(30-17)5-24-15(28)7-3-1-2-4-8(7)16(24)29/h1-4,6,9,11-12,17,26-27H,5H2,(H2,20,21,22)/t9-,11?,12?,17-/m1/s1. The maximum absolute atomic E-state index is 12.6. The number of benzene rings is 1. The molecule has 0 saturated carbocycles. The van der Waals surface area contributed by atoms with Gasteiger partial charge in [0.25, 0.3) is 11.8 Å². The van der Waals surface area contributed by atoms with Crippen molar-refractivity contribution in [2.45, 2.75) is 24.5 Å². The number of rotatable bonds is 3. The number of imide groups is 1. The molecule has 1 aromatic carbocycles. The summed E-state index contributed by atoms with van der Waals surface area (Å²) in [6, 6.07) is 6.48. The number of nitrogens with two attached hydrogens (primary N) is 1. The lowest BCUT2D eigenvalue weighted by Crippen LogP contribution is -2.42. The summed E-state index contributed by atoms with van der Waals surface area (Å²) < 4.78 is 7.56. The number of fused-ring (bicyclic) bond motifs is 2. The molecule has 2 unspecified atom stereocenters. The van der Waals surface area contributed by atoms with E-state index in [1.807, 2.05) is 0 Å². The highest BCUT2D eigenvalue weighted by atomic mass is 79.9. The van der Waals surface area contributed by atoms with E-state index in [-0.39, 0.29) is 17.1 Å². The van der Waals surface area contributed by atoms with E-state index < -0.39 is 36.4 Å². The predicted molar refractivity (Wildman–Crippen MR) is 105 cm³/mol. The SMILES string of the molecule is Nc1ncnc2c1nc(Br)n2[C@@H]1O[C@H](CN2C(=O)c3ccccc3C2=O)C(O)C1O. The van der Waals surface area contributed by atoms with Gasteiger partial charge in [0.05, 0.1) is 17.7 Å². The van der Waals surface area contributed by atoms with Crippen LogP contribution in [0.15, 0.2) is 35.3 Å². The minimum atomic E-state index is -1.37. The molecule has 1 fully saturated rings. The van der Waals surface area contributed by atoms with Crippen molar-refractivity contribution in [1.82, 2.24) is 24.4 Å². The number of halogens is 1. The molecule has 1 saturated heterocycles. The van der Waals surface area contributed by atoms with E-state index in [0.29, 0.717) is 22.3 Å². The molecule has 4 N–H and O–H groups in total. The van der Waals surface area contributed by atoms with Crippen molar-refractivity contribution in [3.8, 4) is 0 Å². The topological polar surface area (TPSA) is 157 Å². The highest BCUT2D eigenvalue weighted by Gasteiger charge is 2.48. The third-order valence-electron chi connectivity index (χ3n) is 5.29. The van der Waals surface area contributed by atoms with Gasteiger partial charge < -0.3 is 20.7 Å². The van der Waals surface area contributed by atoms with E-state index in [9.17, 15) is 19.8 Å². The van der Waals surface area contributed by atoms with Crippen molar-refractivity contribution in [3.05, 3.63) is 46.5 Å². The Hall–Kier alpha value is -2.93. The quantitative estimate of drug-likeness (QED) is 0.353. The predicted octanol–water partition coefficient (Wildman–Crippen LogP) is 0.0864. The Labute approximate surface area is 177 Å². The number of aliphatic hydroxyl groups is 2. The van der Waals surface area contributed by atoms with Crippen molar-refractivity contribution in [2.24, 2.45) is 0 Å². The number of nitrogens with zero attached hydrogens (tertiary/aromatic N) is 5. The molecule has 2 aliphatic rings. The Morgan fingerprint density at radius 3 is 2.43 bits per heavy atom. The molecular formula is C18H15BrN6O5. The van der Waals surface area contributed by atoms with Crippen LogP contribution in [-0.2, 0) is 4.74 Å². The summed E-state index contributed by atoms with van der Waals surface area (Å²) in [5.74, 6) is -0.798. The molecule has 0 bridgehead atoms. The molecule has 2 aliphatic heterocycles. The lowest BCUT2D eigenvalue weighted by atomic mass is 10.1. The molecule has 12 heteroatoms. The zero-order valence-electron chi connectivity index (χ0n) is 15.2. The maximum atomic E-state index is 12.6. The Morgan fingerprint density at radius 1 is 1.10 bits per heavy atom. The molecule has 30 heavy (non-hydrogen) atoms. The van der Waals surface area contributed by atoms with Crippen LogP contribution >= 0.6 is 15.9 Å². The molecule has 4 atom stereocenters. The first-order chi connectivity index (χ1) is 14.4. The Kier molecular flexibility index (Phi) is 4.32. The van der Waals surface area contributed by atoms with Gasteiger partial charge in [-0.3, -0.25) is 19.1 Å². The van der Waals surface area contributed by atoms with Gasteiger partial charge in [-0.1, -0.05) is 12.1 Å². The molecule has 2 aromatic heterocycles. The number of carbonyl (C=O) groups is 2. The van der Waals surface area contributed by atoms with Crippen molar-refractivity contribution in [2.75, 3.05) is 12.3 Å². The first kappa shape index (κ1) is 19.1. The van der Waals surface area contributed by atoms with Crippen LogP contribution in [0.25, 0.3) is 11.2 Å². The third kappa shape index (κ3) is 2.65. The van der Waals surface area contributed by atoms with E-state index in [1.165, 1.54) is 10.9 Å². The van der Waals surface area contributed by atoms with Gasteiger partial charge in [0, 0.05) is 0 Å². The Balaban J connectivity index is 1.44. The summed E-state index contributed by atoms with van der Waals surface area (Å²) in [6.45, 7) is -0.220. The summed E-state index contributed by atoms with van der Waals surface area (Å²) in [4.78, 5) is 38.5. The normalized spacial score (nSPS) is 26.0. The number of nitrogen functional groups attached to an aromatic ring is 1. The van der Waals surface area contributed by atoms with E-state index >= 15 is 0 Å². The highest BCUT2D eigenvalue weighted by Crippen LogP contribution is 2.36. The fourth-order valence-corrected chi connectivity index (χ4v) is 4.35. The van der Waals surface area contributed by atoms with Crippen LogP contribution in [0.5, 0.6) is 0 Å². The van der Waals surface area contributed by atoms with Crippen molar-refractivity contribution >= 4 is 44.7 Å². The first-order valence-electron chi connectivity index (χ1n) is 8.99. The summed E-state index contributed by atoms with van der Waals surface area (Å²) in [6.07, 6.45) is -3.57. The van der Waals surface area contributed by atoms with Crippen molar-refractivity contribution < 1.29 is 24.5 Å². The first-order valence-corrected chi connectivity index (χ1v) is 9.78. The zero-order valence-corrected chi connectivity index (χ0v) is 16.8. The number of hydrogen-bond donors (Lipinski definition) is 3. The van der Waals surface area contributed by atoms with Gasteiger partial charge in [-0.25, -0.2) is 15.0 Å². The molecular weight excluding hydrogens is 460 g/mol. The highest BCUT2D eigenvalue weighted by molar-refractivity contribution is 9.10. The number of aliphatic hydroxyl groups excluding tert-OH is 2. The van der Waals surface area contributed by atoms with Crippen LogP contribution in [0, 0.1) is 0 Å². The Morgan fingerprint density at radius 2 is 1.77 bits per heavy atom. The van der Waals surface area contributed by atoms with E-state index in [2.05, 4.69) is 30.9 Å². The molecule has 4 heterocycles. The van der Waals surface area contributed by atoms with Crippen LogP contribution in [0.3, 0.4) is 0 Å². The van der Waals surface area contributed by atoms with E-state index in [4.69, 9.17) is 10.5 Å². The monoisotopic (exact) mass is 474 g/mol. The lowest BCUT2D eigenvalue weighted by molar-refractivity contribution is -0.0412. The van der Waals surface area contributed by atoms with Crippen LogP contribution in [0.2, 0.25) is 0 Å². The van der Waals surface area contributed by atoms with Crippen LogP contribution in [-0.4, -0.2) is 71.3 Å². The van der Waals surface area contributed by atoms with Crippen molar-refractivity contribution in [1.29, 1.82) is 0 Å². The summed E-state index contributed by atoms with van der Waals surface area (Å²) >= 11 is 3.29. The van der Waals surface area contributed by atoms with Gasteiger partial charge in [-0.2, -0.15) is 0 Å². The van der Waals surface area contributed by atoms with Gasteiger partial charge in [0.1, 0.15) is 24.6 Å². The van der Waals surface area contributed by atoms with E-state index in [0.717, 1.165) is 4.90 Å². The number of aromatic nitrogens is 4. The maximum Gasteiger partial charge on any atom is 0.261 e. The second-order valence-corrected chi connectivity index (χ2v) is 7.70. The van der Waals surface area contributed by atoms with Gasteiger partial charge in [-0.15, -0.1) is 0 Å². The summed E-state index contributed by atoms with van der Waals surface area (Å²) in [7, 11) is 0. The largest absolute Gasteiger partial charge is 0.387 e. The minimum Gasteiger partial charge on any atom is -0.387 e. The van der Waals surface area contributed by atoms with Crippen LogP contribution in [0.1, 0.15) is 26.9 Å². The van der Waals surface area contributed by atoms with Gasteiger partial charge in [0.15, 0.2) is 27.9 Å². The van der Waals surface area contributed by atoms with Gasteiger partial charge in [0.2, 0.25) is 0 Å². The summed E-state index contributed by atoms with van der Waals surface area (Å²) in [5.41, 5.74) is 7.02. The zero-order chi connectivity index (χ0) is 21.2. The smallest absolute Gasteiger partial charge is 0.261 e. The fraction of sp³-hybridized carbons (Fsp3) is 0.278. The fourth-order valence-electron chi connectivity index (χ4n) is 3.80. The number of amides is 2. The number of hydrogen-bond acceptors (Lipinski definition) is 9.